The van der Waals surface area contributed by atoms with Gasteiger partial charge in [0.05, 0.1) is 12.3 Å². The van der Waals surface area contributed by atoms with Crippen molar-refractivity contribution >= 4 is 17.6 Å². The Hall–Kier alpha value is -2.17. The molecule has 0 saturated heterocycles. The topological polar surface area (TPSA) is 67.8 Å². The number of nitrogens with zero attached hydrogens (tertiary/aromatic N) is 1. The van der Waals surface area contributed by atoms with Crippen LogP contribution in [-0.4, -0.2) is 24.2 Å². The minimum Gasteiger partial charge on any atom is -0.465 e. The zero-order chi connectivity index (χ0) is 13.0. The van der Waals surface area contributed by atoms with Gasteiger partial charge in [-0.15, -0.1) is 0 Å². The monoisotopic (exact) mass is 246 g/mol. The summed E-state index contributed by atoms with van der Waals surface area (Å²) in [6.07, 6.45) is 0.272. The minimum absolute atomic E-state index is 0.264. The molecule has 2 rings (SSSR count). The summed E-state index contributed by atoms with van der Waals surface area (Å²) in [4.78, 5) is 23.2. The van der Waals surface area contributed by atoms with Crippen LogP contribution in [0.25, 0.3) is 0 Å². The van der Waals surface area contributed by atoms with Crippen molar-refractivity contribution in [1.82, 2.24) is 5.43 Å². The number of hydrazone groups is 1. The first-order chi connectivity index (χ1) is 8.72. The molecule has 1 aromatic carbocycles. The van der Waals surface area contributed by atoms with Crippen LogP contribution in [0.15, 0.2) is 35.4 Å². The third-order valence-electron chi connectivity index (χ3n) is 2.69. The van der Waals surface area contributed by atoms with Crippen LogP contribution in [0.1, 0.15) is 18.9 Å². The largest absolute Gasteiger partial charge is 0.465 e. The second-order valence-electron chi connectivity index (χ2n) is 3.91. The Kier molecular flexibility index (Phi) is 3.72. The summed E-state index contributed by atoms with van der Waals surface area (Å²) in [5.41, 5.74) is 3.95. The number of carbonyl (C=O) groups excluding carboxylic acids is 2. The normalized spacial score (nSPS) is 18.8. The lowest BCUT2D eigenvalue weighted by atomic mass is 9.96. The van der Waals surface area contributed by atoms with E-state index in [0.29, 0.717) is 5.71 Å². The molecule has 0 saturated carbocycles. The van der Waals surface area contributed by atoms with E-state index in [2.05, 4.69) is 10.5 Å². The molecule has 1 atom stereocenters. The zero-order valence-electron chi connectivity index (χ0n) is 10.1. The molecule has 1 amide bonds. The standard InChI is InChI=1S/C13H14N2O3/c1-2-18-13(17)10-8-11(14-15-12(10)16)9-6-4-3-5-7-9/h3-7,10H,2,8H2,1H3,(H,15,16)/t10-/m0/s1. The molecule has 0 bridgehead atoms. The molecule has 0 aromatic heterocycles. The lowest BCUT2D eigenvalue weighted by Crippen LogP contribution is -2.40. The zero-order valence-corrected chi connectivity index (χ0v) is 10.1. The summed E-state index contributed by atoms with van der Waals surface area (Å²) in [6, 6.07) is 9.44. The summed E-state index contributed by atoms with van der Waals surface area (Å²) >= 11 is 0. The van der Waals surface area contributed by atoms with Crippen LogP contribution in [0.2, 0.25) is 0 Å². The van der Waals surface area contributed by atoms with Crippen molar-refractivity contribution in [1.29, 1.82) is 0 Å². The Morgan fingerprint density at radius 2 is 2.17 bits per heavy atom. The number of benzene rings is 1. The smallest absolute Gasteiger partial charge is 0.318 e. The van der Waals surface area contributed by atoms with Gasteiger partial charge in [-0.2, -0.15) is 5.10 Å². The molecule has 1 N–H and O–H groups in total. The highest BCUT2D eigenvalue weighted by molar-refractivity contribution is 6.10. The maximum absolute atomic E-state index is 11.6. The highest BCUT2D eigenvalue weighted by Crippen LogP contribution is 2.16. The van der Waals surface area contributed by atoms with Crippen molar-refractivity contribution in [2.75, 3.05) is 6.61 Å². The van der Waals surface area contributed by atoms with Gasteiger partial charge in [-0.05, 0) is 12.5 Å². The van der Waals surface area contributed by atoms with Crippen LogP contribution in [0.4, 0.5) is 0 Å². The Morgan fingerprint density at radius 3 is 2.83 bits per heavy atom. The van der Waals surface area contributed by atoms with Gasteiger partial charge in [0.1, 0.15) is 5.92 Å². The number of hydrogen-bond acceptors (Lipinski definition) is 4. The molecular weight excluding hydrogens is 232 g/mol. The number of ether oxygens (including phenoxy) is 1. The molecule has 0 radical (unpaired) electrons. The van der Waals surface area contributed by atoms with E-state index in [4.69, 9.17) is 4.74 Å². The van der Waals surface area contributed by atoms with Crippen molar-refractivity contribution in [2.24, 2.45) is 11.0 Å². The van der Waals surface area contributed by atoms with Crippen LogP contribution >= 0.6 is 0 Å². The van der Waals surface area contributed by atoms with E-state index < -0.39 is 17.8 Å². The fourth-order valence-corrected chi connectivity index (χ4v) is 1.78. The van der Waals surface area contributed by atoms with Crippen molar-refractivity contribution < 1.29 is 14.3 Å². The highest BCUT2D eigenvalue weighted by atomic mass is 16.5. The molecule has 0 spiro atoms. The third kappa shape index (κ3) is 2.56. The van der Waals surface area contributed by atoms with E-state index in [1.165, 1.54) is 0 Å². The second-order valence-corrected chi connectivity index (χ2v) is 3.91. The van der Waals surface area contributed by atoms with Crippen molar-refractivity contribution in [3.05, 3.63) is 35.9 Å². The van der Waals surface area contributed by atoms with Gasteiger partial charge in [0.15, 0.2) is 0 Å². The van der Waals surface area contributed by atoms with Gasteiger partial charge < -0.3 is 4.74 Å². The van der Waals surface area contributed by atoms with Crippen LogP contribution in [-0.2, 0) is 14.3 Å². The van der Waals surface area contributed by atoms with E-state index in [1.807, 2.05) is 30.3 Å². The molecule has 5 nitrogen and oxygen atoms in total. The molecule has 0 unspecified atom stereocenters. The lowest BCUT2D eigenvalue weighted by molar-refractivity contribution is -0.152. The fraction of sp³-hybridized carbons (Fsp3) is 0.308. The fourth-order valence-electron chi connectivity index (χ4n) is 1.78. The SMILES string of the molecule is CCOC(=O)[C@H]1CC(c2ccccc2)=NNC1=O. The molecular formula is C13H14N2O3. The molecule has 18 heavy (non-hydrogen) atoms. The maximum atomic E-state index is 11.6. The van der Waals surface area contributed by atoms with Crippen LogP contribution in [0.3, 0.4) is 0 Å². The van der Waals surface area contributed by atoms with Crippen molar-refractivity contribution in [2.45, 2.75) is 13.3 Å². The number of rotatable bonds is 3. The van der Waals surface area contributed by atoms with E-state index in [9.17, 15) is 9.59 Å². The van der Waals surface area contributed by atoms with Gasteiger partial charge in [-0.1, -0.05) is 30.3 Å². The number of carbonyl (C=O) groups is 2. The lowest BCUT2D eigenvalue weighted by Gasteiger charge is -2.19. The van der Waals surface area contributed by atoms with Crippen LogP contribution in [0.5, 0.6) is 0 Å². The molecule has 5 heteroatoms. The van der Waals surface area contributed by atoms with Crippen molar-refractivity contribution in [3.63, 3.8) is 0 Å². The molecule has 1 aromatic rings. The van der Waals surface area contributed by atoms with Gasteiger partial charge in [0.25, 0.3) is 5.91 Å². The number of amides is 1. The second kappa shape index (κ2) is 5.44. The van der Waals surface area contributed by atoms with Gasteiger partial charge >= 0.3 is 5.97 Å². The predicted octanol–water partition coefficient (Wildman–Crippen LogP) is 1.09. The van der Waals surface area contributed by atoms with Gasteiger partial charge in [0.2, 0.25) is 0 Å². The molecule has 0 fully saturated rings. The first kappa shape index (κ1) is 12.3. The Labute approximate surface area is 105 Å². The van der Waals surface area contributed by atoms with Crippen LogP contribution < -0.4 is 5.43 Å². The Balaban J connectivity index is 2.17. The molecule has 94 valence electrons. The summed E-state index contributed by atoms with van der Waals surface area (Å²) in [6.45, 7) is 1.98. The third-order valence-corrected chi connectivity index (χ3v) is 2.69. The van der Waals surface area contributed by atoms with Crippen molar-refractivity contribution in [3.8, 4) is 0 Å². The first-order valence-electron chi connectivity index (χ1n) is 5.81. The van der Waals surface area contributed by atoms with Crippen LogP contribution in [0, 0.1) is 5.92 Å². The number of hydrogen-bond donors (Lipinski definition) is 1. The van der Waals surface area contributed by atoms with E-state index >= 15 is 0 Å². The number of esters is 1. The average Bonchev–Trinajstić information content (AvgIpc) is 2.40. The quantitative estimate of drug-likeness (QED) is 0.641. The molecule has 1 aliphatic rings. The van der Waals surface area contributed by atoms with Gasteiger partial charge in [0, 0.05) is 6.42 Å². The van der Waals surface area contributed by atoms with Gasteiger partial charge in [-0.25, -0.2) is 5.43 Å². The van der Waals surface area contributed by atoms with E-state index in [1.54, 1.807) is 6.92 Å². The summed E-state index contributed by atoms with van der Waals surface area (Å²) in [5, 5.41) is 3.98. The molecule has 1 aliphatic heterocycles. The highest BCUT2D eigenvalue weighted by Gasteiger charge is 2.32. The first-order valence-corrected chi connectivity index (χ1v) is 5.81. The van der Waals surface area contributed by atoms with Gasteiger partial charge in [-0.3, -0.25) is 9.59 Å². The summed E-state index contributed by atoms with van der Waals surface area (Å²) in [5.74, 6) is -1.72. The van der Waals surface area contributed by atoms with E-state index in [-0.39, 0.29) is 13.0 Å². The summed E-state index contributed by atoms with van der Waals surface area (Å²) < 4.78 is 4.88. The molecule has 1 heterocycles. The maximum Gasteiger partial charge on any atom is 0.318 e. The predicted molar refractivity (Wildman–Crippen MR) is 65.9 cm³/mol. The average molecular weight is 246 g/mol. The Bertz CT molecular complexity index is 482. The molecule has 0 aliphatic carbocycles. The Morgan fingerprint density at radius 1 is 1.44 bits per heavy atom. The number of nitrogens with one attached hydrogen (secondary N) is 1. The summed E-state index contributed by atoms with van der Waals surface area (Å²) in [7, 11) is 0. The minimum atomic E-state index is -0.808. The van der Waals surface area contributed by atoms with E-state index in [0.717, 1.165) is 5.56 Å².